The first-order valence-corrected chi connectivity index (χ1v) is 9.18. The summed E-state index contributed by atoms with van der Waals surface area (Å²) < 4.78 is 5.80. The number of amides is 2. The van der Waals surface area contributed by atoms with Crippen LogP contribution in [-0.4, -0.2) is 52.4 Å². The van der Waals surface area contributed by atoms with E-state index in [-0.39, 0.29) is 30.3 Å². The van der Waals surface area contributed by atoms with E-state index < -0.39 is 0 Å². The zero-order valence-electron chi connectivity index (χ0n) is 15.2. The van der Waals surface area contributed by atoms with Gasteiger partial charge >= 0.3 is 0 Å². The van der Waals surface area contributed by atoms with E-state index in [2.05, 4.69) is 9.97 Å². The van der Waals surface area contributed by atoms with E-state index >= 15 is 0 Å². The number of carbonyl (C=O) groups excluding carboxylic acids is 2. The molecule has 4 rings (SSSR count). The Balaban J connectivity index is 1.36. The smallest absolute Gasteiger partial charge is 0.232 e. The lowest BCUT2D eigenvalue weighted by atomic mass is 10.1. The van der Waals surface area contributed by atoms with Crippen LogP contribution in [-0.2, 0) is 9.59 Å². The van der Waals surface area contributed by atoms with Crippen LogP contribution in [0.4, 0.5) is 5.69 Å². The number of likely N-dealkylation sites (tertiary alicyclic amines) is 1. The number of carbonyl (C=O) groups is 2. The van der Waals surface area contributed by atoms with Crippen molar-refractivity contribution in [2.45, 2.75) is 25.9 Å². The lowest BCUT2D eigenvalue weighted by Gasteiger charge is -2.21. The van der Waals surface area contributed by atoms with Crippen LogP contribution in [0.15, 0.2) is 42.9 Å². The predicted octanol–water partition coefficient (Wildman–Crippen LogP) is 1.82. The lowest BCUT2D eigenvalue weighted by Crippen LogP contribution is -2.37. The van der Waals surface area contributed by atoms with Gasteiger partial charge in [0.1, 0.15) is 6.10 Å². The maximum Gasteiger partial charge on any atom is 0.232 e. The van der Waals surface area contributed by atoms with E-state index in [9.17, 15) is 9.59 Å². The predicted molar refractivity (Wildman–Crippen MR) is 99.3 cm³/mol. The fourth-order valence-corrected chi connectivity index (χ4v) is 3.65. The van der Waals surface area contributed by atoms with Gasteiger partial charge in [0.2, 0.25) is 17.7 Å². The van der Waals surface area contributed by atoms with Gasteiger partial charge in [-0.2, -0.15) is 0 Å². The van der Waals surface area contributed by atoms with Crippen molar-refractivity contribution in [2.75, 3.05) is 24.5 Å². The maximum absolute atomic E-state index is 12.9. The molecule has 3 heterocycles. The van der Waals surface area contributed by atoms with Crippen LogP contribution < -0.4 is 9.64 Å². The highest BCUT2D eigenvalue weighted by molar-refractivity contribution is 6.00. The van der Waals surface area contributed by atoms with Crippen molar-refractivity contribution >= 4 is 17.5 Å². The minimum absolute atomic E-state index is 0.00348. The van der Waals surface area contributed by atoms with Gasteiger partial charge in [0.25, 0.3) is 0 Å². The second kappa shape index (κ2) is 7.34. The first-order valence-electron chi connectivity index (χ1n) is 9.18. The lowest BCUT2D eigenvalue weighted by molar-refractivity contribution is -0.135. The normalized spacial score (nSPS) is 22.3. The van der Waals surface area contributed by atoms with Crippen molar-refractivity contribution < 1.29 is 14.3 Å². The number of hydrogen-bond acceptors (Lipinski definition) is 5. The van der Waals surface area contributed by atoms with Gasteiger partial charge in [0, 0.05) is 44.0 Å². The van der Waals surface area contributed by atoms with Gasteiger partial charge in [-0.15, -0.1) is 0 Å². The van der Waals surface area contributed by atoms with Gasteiger partial charge in [-0.05, 0) is 19.1 Å². The Bertz CT molecular complexity index is 825. The molecule has 2 atom stereocenters. The zero-order chi connectivity index (χ0) is 18.8. The molecule has 7 nitrogen and oxygen atoms in total. The largest absolute Gasteiger partial charge is 0.471 e. The number of nitrogens with zero attached hydrogens (tertiary/aromatic N) is 4. The second-order valence-corrected chi connectivity index (χ2v) is 7.10. The second-order valence-electron chi connectivity index (χ2n) is 7.10. The molecule has 1 aromatic carbocycles. The van der Waals surface area contributed by atoms with Crippen LogP contribution >= 0.6 is 0 Å². The summed E-state index contributed by atoms with van der Waals surface area (Å²) in [4.78, 5) is 36.9. The molecule has 0 saturated carbocycles. The van der Waals surface area contributed by atoms with Crippen LogP contribution in [0, 0.1) is 12.8 Å². The average molecular weight is 366 g/mol. The van der Waals surface area contributed by atoms with Gasteiger partial charge in [-0.1, -0.05) is 17.7 Å². The third-order valence-corrected chi connectivity index (χ3v) is 5.10. The summed E-state index contributed by atoms with van der Waals surface area (Å²) >= 11 is 0. The molecule has 2 aliphatic heterocycles. The molecule has 0 spiro atoms. The van der Waals surface area contributed by atoms with E-state index in [1.54, 1.807) is 28.4 Å². The third kappa shape index (κ3) is 3.77. The Hall–Kier alpha value is -2.96. The number of benzene rings is 1. The summed E-state index contributed by atoms with van der Waals surface area (Å²) in [6, 6.07) is 7.82. The number of hydrogen-bond donors (Lipinski definition) is 0. The topological polar surface area (TPSA) is 75.6 Å². The SMILES string of the molecule is Cc1ccc(N2CC(C(=O)N3CCC(Oc4cnccn4)C3)CC2=O)cc1. The molecular formula is C20H22N4O3. The summed E-state index contributed by atoms with van der Waals surface area (Å²) in [6.45, 7) is 3.60. The van der Waals surface area contributed by atoms with Crippen molar-refractivity contribution in [3.8, 4) is 5.88 Å². The number of rotatable bonds is 4. The molecular weight excluding hydrogens is 344 g/mol. The summed E-state index contributed by atoms with van der Waals surface area (Å²) in [5.74, 6) is 0.208. The van der Waals surface area contributed by atoms with E-state index in [0.717, 1.165) is 17.7 Å². The Kier molecular flexibility index (Phi) is 4.75. The van der Waals surface area contributed by atoms with E-state index in [4.69, 9.17) is 4.74 Å². The van der Waals surface area contributed by atoms with Gasteiger partial charge in [-0.25, -0.2) is 4.98 Å². The highest BCUT2D eigenvalue weighted by Crippen LogP contribution is 2.28. The first-order chi connectivity index (χ1) is 13.1. The molecule has 0 radical (unpaired) electrons. The Labute approximate surface area is 158 Å². The van der Waals surface area contributed by atoms with E-state index in [1.165, 1.54) is 0 Å². The summed E-state index contributed by atoms with van der Waals surface area (Å²) in [6.07, 6.45) is 5.67. The third-order valence-electron chi connectivity index (χ3n) is 5.10. The summed E-state index contributed by atoms with van der Waals surface area (Å²) in [7, 11) is 0. The van der Waals surface area contributed by atoms with Gasteiger partial charge in [0.15, 0.2) is 0 Å². The quantitative estimate of drug-likeness (QED) is 0.825. The minimum Gasteiger partial charge on any atom is -0.471 e. The fourth-order valence-electron chi connectivity index (χ4n) is 3.65. The van der Waals surface area contributed by atoms with Crippen molar-refractivity contribution in [2.24, 2.45) is 5.92 Å². The van der Waals surface area contributed by atoms with E-state index in [1.807, 2.05) is 31.2 Å². The molecule has 7 heteroatoms. The molecule has 2 aliphatic rings. The molecule has 2 fully saturated rings. The van der Waals surface area contributed by atoms with Gasteiger partial charge < -0.3 is 14.5 Å². The number of aryl methyl sites for hydroxylation is 1. The molecule has 2 aromatic rings. The van der Waals surface area contributed by atoms with E-state index in [0.29, 0.717) is 25.5 Å². The van der Waals surface area contributed by atoms with Gasteiger partial charge in [0.05, 0.1) is 18.7 Å². The number of aromatic nitrogens is 2. The minimum atomic E-state index is -0.297. The highest BCUT2D eigenvalue weighted by atomic mass is 16.5. The Morgan fingerprint density at radius 3 is 2.74 bits per heavy atom. The van der Waals surface area contributed by atoms with Gasteiger partial charge in [-0.3, -0.25) is 14.6 Å². The summed E-state index contributed by atoms with van der Waals surface area (Å²) in [5, 5.41) is 0. The van der Waals surface area contributed by atoms with Crippen LogP contribution in [0.25, 0.3) is 0 Å². The molecule has 2 unspecified atom stereocenters. The average Bonchev–Trinajstić information content (AvgIpc) is 3.30. The molecule has 0 bridgehead atoms. The van der Waals surface area contributed by atoms with Crippen LogP contribution in [0.5, 0.6) is 5.88 Å². The summed E-state index contributed by atoms with van der Waals surface area (Å²) in [5.41, 5.74) is 2.00. The first kappa shape index (κ1) is 17.5. The Morgan fingerprint density at radius 1 is 1.19 bits per heavy atom. The van der Waals surface area contributed by atoms with Crippen LogP contribution in [0.3, 0.4) is 0 Å². The monoisotopic (exact) mass is 366 g/mol. The number of anilines is 1. The van der Waals surface area contributed by atoms with Crippen molar-refractivity contribution in [1.29, 1.82) is 0 Å². The molecule has 27 heavy (non-hydrogen) atoms. The van der Waals surface area contributed by atoms with Crippen molar-refractivity contribution in [3.05, 3.63) is 48.4 Å². The molecule has 2 amide bonds. The standard InChI is InChI=1S/C20H22N4O3/c1-14-2-4-16(5-3-14)24-12-15(10-19(24)25)20(26)23-9-6-17(13-23)27-18-11-21-7-8-22-18/h2-5,7-8,11,15,17H,6,9-10,12-13H2,1H3. The molecule has 2 saturated heterocycles. The Morgan fingerprint density at radius 2 is 2.00 bits per heavy atom. The van der Waals surface area contributed by atoms with Crippen LogP contribution in [0.2, 0.25) is 0 Å². The van der Waals surface area contributed by atoms with Crippen LogP contribution in [0.1, 0.15) is 18.4 Å². The van der Waals surface area contributed by atoms with Crippen molar-refractivity contribution in [1.82, 2.24) is 14.9 Å². The fraction of sp³-hybridized carbons (Fsp3) is 0.400. The zero-order valence-corrected chi connectivity index (χ0v) is 15.2. The molecule has 0 aliphatic carbocycles. The number of ether oxygens (including phenoxy) is 1. The highest BCUT2D eigenvalue weighted by Gasteiger charge is 2.39. The molecule has 0 N–H and O–H groups in total. The maximum atomic E-state index is 12.9. The molecule has 140 valence electrons. The van der Waals surface area contributed by atoms with Crippen molar-refractivity contribution in [3.63, 3.8) is 0 Å². The molecule has 1 aromatic heterocycles.